The molecule has 124 valence electrons. The molecule has 9 heteroatoms. The molecule has 2 amide bonds. The normalized spacial score (nSPS) is 16.0. The molecule has 0 spiro atoms. The van der Waals surface area contributed by atoms with Crippen LogP contribution in [0.1, 0.15) is 5.76 Å². The molecule has 3 aromatic rings. The van der Waals surface area contributed by atoms with Gasteiger partial charge < -0.3 is 4.42 Å². The molecular formula is C16H7Cl2N3O3S. The summed E-state index contributed by atoms with van der Waals surface area (Å²) in [5, 5.41) is 3.04. The standard InChI is InChI=1S/C16H7Cl2N3O3S/c17-12-2-7(3-13(18)20-12)10-6-19-5-8-1-9(24-14(8)10)4-11-15(22)21-16(23)25-11/h1-6H,(H,21,22,23)/b11-4+. The lowest BCUT2D eigenvalue weighted by atomic mass is 10.1. The first-order valence-corrected chi connectivity index (χ1v) is 8.53. The lowest BCUT2D eigenvalue weighted by molar-refractivity contribution is -0.115. The van der Waals surface area contributed by atoms with Gasteiger partial charge in [0.25, 0.3) is 11.1 Å². The Labute approximate surface area is 155 Å². The van der Waals surface area contributed by atoms with Crippen LogP contribution in [0.3, 0.4) is 0 Å². The molecule has 1 aliphatic heterocycles. The number of aromatic nitrogens is 2. The van der Waals surface area contributed by atoms with E-state index in [0.717, 1.165) is 17.1 Å². The second-order valence-corrected chi connectivity index (χ2v) is 6.90. The van der Waals surface area contributed by atoms with E-state index in [-0.39, 0.29) is 15.2 Å². The number of halogens is 2. The number of pyridine rings is 2. The summed E-state index contributed by atoms with van der Waals surface area (Å²) in [4.78, 5) is 31.3. The predicted molar refractivity (Wildman–Crippen MR) is 96.4 cm³/mol. The Morgan fingerprint density at radius 1 is 1.12 bits per heavy atom. The van der Waals surface area contributed by atoms with Crippen LogP contribution in [0.15, 0.2) is 39.9 Å². The summed E-state index contributed by atoms with van der Waals surface area (Å²) in [5.74, 6) is -0.00986. The minimum atomic E-state index is -0.443. The van der Waals surface area contributed by atoms with Gasteiger partial charge in [-0.05, 0) is 35.5 Å². The van der Waals surface area contributed by atoms with Crippen LogP contribution >= 0.6 is 35.0 Å². The summed E-state index contributed by atoms with van der Waals surface area (Å²) in [6, 6.07) is 5.05. The van der Waals surface area contributed by atoms with Gasteiger partial charge in [-0.1, -0.05) is 23.2 Å². The molecule has 0 saturated carbocycles. The van der Waals surface area contributed by atoms with E-state index in [0.29, 0.717) is 22.5 Å². The lowest BCUT2D eigenvalue weighted by Crippen LogP contribution is -2.17. The predicted octanol–water partition coefficient (Wildman–Crippen LogP) is 4.52. The largest absolute Gasteiger partial charge is 0.456 e. The first-order valence-electron chi connectivity index (χ1n) is 6.95. The van der Waals surface area contributed by atoms with Gasteiger partial charge in [0.1, 0.15) is 21.6 Å². The highest BCUT2D eigenvalue weighted by molar-refractivity contribution is 8.18. The third-order valence-electron chi connectivity index (χ3n) is 3.43. The molecule has 6 nitrogen and oxygen atoms in total. The molecule has 3 aromatic heterocycles. The molecule has 0 aliphatic carbocycles. The zero-order chi connectivity index (χ0) is 17.6. The van der Waals surface area contributed by atoms with Crippen LogP contribution in [0.2, 0.25) is 10.3 Å². The number of nitrogens with one attached hydrogen (secondary N) is 1. The van der Waals surface area contributed by atoms with Crippen LogP contribution in [0.4, 0.5) is 4.79 Å². The molecule has 1 fully saturated rings. The van der Waals surface area contributed by atoms with Gasteiger partial charge >= 0.3 is 0 Å². The highest BCUT2D eigenvalue weighted by Crippen LogP contribution is 2.34. The zero-order valence-corrected chi connectivity index (χ0v) is 14.6. The number of hydrogen-bond acceptors (Lipinski definition) is 6. The topological polar surface area (TPSA) is 85.1 Å². The second-order valence-electron chi connectivity index (χ2n) is 5.11. The number of amides is 2. The van der Waals surface area contributed by atoms with Crippen molar-refractivity contribution in [1.82, 2.24) is 15.3 Å². The minimum absolute atomic E-state index is 0.255. The first kappa shape index (κ1) is 16.1. The molecule has 4 rings (SSSR count). The van der Waals surface area contributed by atoms with E-state index in [9.17, 15) is 9.59 Å². The van der Waals surface area contributed by atoms with E-state index in [1.54, 1.807) is 30.6 Å². The maximum atomic E-state index is 11.7. The maximum absolute atomic E-state index is 11.7. The minimum Gasteiger partial charge on any atom is -0.456 e. The molecule has 0 unspecified atom stereocenters. The van der Waals surface area contributed by atoms with E-state index in [1.807, 2.05) is 0 Å². The summed E-state index contributed by atoms with van der Waals surface area (Å²) < 4.78 is 5.85. The lowest BCUT2D eigenvalue weighted by Gasteiger charge is -2.03. The summed E-state index contributed by atoms with van der Waals surface area (Å²) in [6.07, 6.45) is 4.79. The number of carbonyl (C=O) groups is 2. The Morgan fingerprint density at radius 3 is 2.56 bits per heavy atom. The van der Waals surface area contributed by atoms with Crippen molar-refractivity contribution >= 4 is 63.2 Å². The van der Waals surface area contributed by atoms with Crippen molar-refractivity contribution in [3.63, 3.8) is 0 Å². The molecule has 0 radical (unpaired) electrons. The first-order chi connectivity index (χ1) is 12.0. The smallest absolute Gasteiger partial charge is 0.290 e. The van der Waals surface area contributed by atoms with Gasteiger partial charge in [0.15, 0.2) is 0 Å². The Balaban J connectivity index is 1.83. The average Bonchev–Trinajstić information content (AvgIpc) is 3.08. The average molecular weight is 392 g/mol. The van der Waals surface area contributed by atoms with Crippen molar-refractivity contribution in [2.45, 2.75) is 0 Å². The molecule has 0 bridgehead atoms. The quantitative estimate of drug-likeness (QED) is 0.510. The molecule has 1 aliphatic rings. The van der Waals surface area contributed by atoms with Gasteiger partial charge in [0, 0.05) is 29.4 Å². The van der Waals surface area contributed by atoms with E-state index >= 15 is 0 Å². The fourth-order valence-electron chi connectivity index (χ4n) is 2.43. The highest BCUT2D eigenvalue weighted by Gasteiger charge is 2.25. The van der Waals surface area contributed by atoms with Crippen molar-refractivity contribution in [3.8, 4) is 11.1 Å². The van der Waals surface area contributed by atoms with Gasteiger partial charge in [0.05, 0.1) is 4.91 Å². The number of fused-ring (bicyclic) bond motifs is 1. The van der Waals surface area contributed by atoms with Crippen LogP contribution < -0.4 is 5.32 Å². The molecule has 25 heavy (non-hydrogen) atoms. The monoisotopic (exact) mass is 391 g/mol. The SMILES string of the molecule is O=C1NC(=O)/C(=C\c2cc3cncc(-c4cc(Cl)nc(Cl)c4)c3o2)S1. The molecule has 1 saturated heterocycles. The van der Waals surface area contributed by atoms with Gasteiger partial charge in [-0.2, -0.15) is 0 Å². The number of nitrogens with zero attached hydrogens (tertiary/aromatic N) is 2. The van der Waals surface area contributed by atoms with Gasteiger partial charge in [-0.25, -0.2) is 4.98 Å². The van der Waals surface area contributed by atoms with Crippen LogP contribution in [0.5, 0.6) is 0 Å². The third-order valence-corrected chi connectivity index (χ3v) is 4.63. The Morgan fingerprint density at radius 2 is 1.88 bits per heavy atom. The number of thioether (sulfide) groups is 1. The number of imide groups is 1. The summed E-state index contributed by atoms with van der Waals surface area (Å²) in [5.41, 5.74) is 1.96. The third kappa shape index (κ3) is 3.13. The Hall–Kier alpha value is -2.35. The van der Waals surface area contributed by atoms with E-state index < -0.39 is 11.1 Å². The molecule has 4 heterocycles. The Bertz CT molecular complexity index is 1060. The Kier molecular flexibility index (Phi) is 3.99. The van der Waals surface area contributed by atoms with Gasteiger partial charge in [-0.3, -0.25) is 19.9 Å². The van der Waals surface area contributed by atoms with Crippen molar-refractivity contribution in [3.05, 3.63) is 51.6 Å². The van der Waals surface area contributed by atoms with Crippen LogP contribution in [0.25, 0.3) is 28.2 Å². The molecule has 0 aromatic carbocycles. The highest BCUT2D eigenvalue weighted by atomic mass is 35.5. The van der Waals surface area contributed by atoms with E-state index in [4.69, 9.17) is 27.6 Å². The second kappa shape index (κ2) is 6.18. The number of furan rings is 1. The number of carbonyl (C=O) groups excluding carboxylic acids is 2. The van der Waals surface area contributed by atoms with Crippen LogP contribution in [-0.2, 0) is 4.79 Å². The summed E-state index contributed by atoms with van der Waals surface area (Å²) >= 11 is 12.8. The van der Waals surface area contributed by atoms with E-state index in [1.165, 1.54) is 6.08 Å². The molecule has 1 N–H and O–H groups in total. The number of rotatable bonds is 2. The van der Waals surface area contributed by atoms with Gasteiger partial charge in [0.2, 0.25) is 0 Å². The van der Waals surface area contributed by atoms with Crippen LogP contribution in [0, 0.1) is 0 Å². The molecule has 0 atom stereocenters. The van der Waals surface area contributed by atoms with Gasteiger partial charge in [-0.15, -0.1) is 0 Å². The summed E-state index contributed by atoms with van der Waals surface area (Å²) in [6.45, 7) is 0. The van der Waals surface area contributed by atoms with Crippen molar-refractivity contribution in [2.75, 3.05) is 0 Å². The van der Waals surface area contributed by atoms with Crippen molar-refractivity contribution in [1.29, 1.82) is 0 Å². The maximum Gasteiger partial charge on any atom is 0.290 e. The fraction of sp³-hybridized carbons (Fsp3) is 0. The zero-order valence-electron chi connectivity index (χ0n) is 12.2. The molecular weight excluding hydrogens is 385 g/mol. The number of hydrogen-bond donors (Lipinski definition) is 1. The van der Waals surface area contributed by atoms with Crippen molar-refractivity contribution < 1.29 is 14.0 Å². The fourth-order valence-corrected chi connectivity index (χ4v) is 3.55. The van der Waals surface area contributed by atoms with Crippen LogP contribution in [-0.4, -0.2) is 21.1 Å². The van der Waals surface area contributed by atoms with E-state index in [2.05, 4.69) is 15.3 Å². The van der Waals surface area contributed by atoms with Crippen molar-refractivity contribution in [2.24, 2.45) is 0 Å². The summed E-state index contributed by atoms with van der Waals surface area (Å²) in [7, 11) is 0.